The third-order valence-corrected chi connectivity index (χ3v) is 3.53. The van der Waals surface area contributed by atoms with Gasteiger partial charge >= 0.3 is 6.09 Å². The molecular weight excluding hydrogens is 315 g/mol. The minimum atomic E-state index is -0.737. The molecule has 0 radical (unpaired) electrons. The van der Waals surface area contributed by atoms with Crippen molar-refractivity contribution < 1.29 is 23.2 Å². The lowest BCUT2D eigenvalue weighted by atomic mass is 10.0. The molecule has 2 amide bonds. The van der Waals surface area contributed by atoms with Crippen molar-refractivity contribution >= 4 is 12.0 Å². The molecule has 0 bridgehead atoms. The third-order valence-electron chi connectivity index (χ3n) is 3.53. The van der Waals surface area contributed by atoms with Crippen LogP contribution >= 0.6 is 0 Å². The Bertz CT molecular complexity index is 807. The second-order valence-electron chi connectivity index (χ2n) is 6.50. The molecule has 0 fully saturated rings. The van der Waals surface area contributed by atoms with Gasteiger partial charge in [-0.2, -0.15) is 0 Å². The molecule has 0 N–H and O–H groups in total. The van der Waals surface area contributed by atoms with Gasteiger partial charge in [0.15, 0.2) is 5.76 Å². The first kappa shape index (κ1) is 16.2. The van der Waals surface area contributed by atoms with E-state index < -0.39 is 23.4 Å². The second-order valence-corrected chi connectivity index (χ2v) is 6.50. The second kappa shape index (κ2) is 5.74. The van der Waals surface area contributed by atoms with E-state index in [9.17, 15) is 14.0 Å². The Kier molecular flexibility index (Phi) is 3.87. The van der Waals surface area contributed by atoms with E-state index in [2.05, 4.69) is 5.16 Å². The van der Waals surface area contributed by atoms with E-state index in [1.54, 1.807) is 32.9 Å². The molecule has 2 aromatic rings. The van der Waals surface area contributed by atoms with Crippen LogP contribution in [-0.2, 0) is 11.2 Å². The quantitative estimate of drug-likeness (QED) is 0.800. The molecule has 1 aromatic heterocycles. The van der Waals surface area contributed by atoms with Gasteiger partial charge in [0.2, 0.25) is 0 Å². The van der Waals surface area contributed by atoms with Crippen LogP contribution in [0.3, 0.4) is 0 Å². The number of imide groups is 1. The fourth-order valence-corrected chi connectivity index (χ4v) is 2.49. The molecule has 126 valence electrons. The highest BCUT2D eigenvalue weighted by Crippen LogP contribution is 2.31. The predicted molar refractivity (Wildman–Crippen MR) is 82.9 cm³/mol. The van der Waals surface area contributed by atoms with Crippen molar-refractivity contribution in [3.05, 3.63) is 41.4 Å². The zero-order valence-electron chi connectivity index (χ0n) is 13.6. The van der Waals surface area contributed by atoms with Crippen molar-refractivity contribution in [2.24, 2.45) is 0 Å². The Morgan fingerprint density at radius 3 is 2.71 bits per heavy atom. The Hall–Kier alpha value is -2.70. The van der Waals surface area contributed by atoms with Gasteiger partial charge in [0.25, 0.3) is 5.91 Å². The standard InChI is InChI=1S/C17H17FN2O4/c1-17(2,3)23-16(22)20-9-8-12-13(15(20)21)14(19-24-12)10-6-4-5-7-11(10)18/h4-7H,8-9H2,1-3H3. The minimum Gasteiger partial charge on any atom is -0.443 e. The van der Waals surface area contributed by atoms with Gasteiger partial charge in [0.1, 0.15) is 22.7 Å². The molecule has 2 heterocycles. The largest absolute Gasteiger partial charge is 0.443 e. The maximum atomic E-state index is 14.0. The molecule has 1 aliphatic rings. The summed E-state index contributed by atoms with van der Waals surface area (Å²) in [5.74, 6) is -0.765. The smallest absolute Gasteiger partial charge is 0.417 e. The van der Waals surface area contributed by atoms with Crippen LogP contribution in [0.1, 0.15) is 36.9 Å². The Balaban J connectivity index is 1.97. The van der Waals surface area contributed by atoms with Gasteiger partial charge < -0.3 is 9.26 Å². The molecule has 3 rings (SSSR count). The number of carbonyl (C=O) groups excluding carboxylic acids is 2. The SMILES string of the molecule is CC(C)(C)OC(=O)N1CCc2onc(-c3ccccc3F)c2C1=O. The van der Waals surface area contributed by atoms with Crippen molar-refractivity contribution in [1.29, 1.82) is 0 Å². The van der Waals surface area contributed by atoms with E-state index in [0.717, 1.165) is 4.90 Å². The molecular formula is C17H17FN2O4. The van der Waals surface area contributed by atoms with Gasteiger partial charge in [0.05, 0.1) is 0 Å². The summed E-state index contributed by atoms with van der Waals surface area (Å²) in [7, 11) is 0. The van der Waals surface area contributed by atoms with Crippen molar-refractivity contribution in [3.8, 4) is 11.3 Å². The summed E-state index contributed by atoms with van der Waals surface area (Å²) in [4.78, 5) is 25.9. The highest BCUT2D eigenvalue weighted by molar-refractivity contribution is 6.08. The van der Waals surface area contributed by atoms with Gasteiger partial charge in [0, 0.05) is 18.5 Å². The fraction of sp³-hybridized carbons (Fsp3) is 0.353. The van der Waals surface area contributed by atoms with Crippen LogP contribution in [0.5, 0.6) is 0 Å². The highest BCUT2D eigenvalue weighted by Gasteiger charge is 2.37. The predicted octanol–water partition coefficient (Wildman–Crippen LogP) is 3.41. The maximum Gasteiger partial charge on any atom is 0.417 e. The molecule has 7 heteroatoms. The normalized spacial score (nSPS) is 14.5. The van der Waals surface area contributed by atoms with E-state index in [1.165, 1.54) is 12.1 Å². The van der Waals surface area contributed by atoms with Crippen molar-refractivity contribution in [3.63, 3.8) is 0 Å². The topological polar surface area (TPSA) is 72.6 Å². The molecule has 0 atom stereocenters. The van der Waals surface area contributed by atoms with Crippen molar-refractivity contribution in [2.45, 2.75) is 32.8 Å². The van der Waals surface area contributed by atoms with Crippen LogP contribution in [-0.4, -0.2) is 34.2 Å². The Morgan fingerprint density at radius 2 is 2.04 bits per heavy atom. The van der Waals surface area contributed by atoms with E-state index in [1.807, 2.05) is 0 Å². The van der Waals surface area contributed by atoms with E-state index >= 15 is 0 Å². The van der Waals surface area contributed by atoms with E-state index in [-0.39, 0.29) is 23.4 Å². The molecule has 1 aliphatic heterocycles. The lowest BCUT2D eigenvalue weighted by Crippen LogP contribution is -2.44. The summed E-state index contributed by atoms with van der Waals surface area (Å²) in [5, 5.41) is 3.83. The van der Waals surface area contributed by atoms with Gasteiger partial charge in [-0.15, -0.1) is 0 Å². The zero-order chi connectivity index (χ0) is 17.5. The van der Waals surface area contributed by atoms with Crippen LogP contribution in [0.15, 0.2) is 28.8 Å². The number of ether oxygens (including phenoxy) is 1. The van der Waals surface area contributed by atoms with Crippen LogP contribution in [0.2, 0.25) is 0 Å². The number of rotatable bonds is 1. The number of hydrogen-bond acceptors (Lipinski definition) is 5. The average molecular weight is 332 g/mol. The Labute approximate surface area is 138 Å². The first-order valence-electron chi connectivity index (χ1n) is 7.56. The first-order chi connectivity index (χ1) is 11.3. The summed E-state index contributed by atoms with van der Waals surface area (Å²) in [6.45, 7) is 5.28. The molecule has 0 unspecified atom stereocenters. The van der Waals surface area contributed by atoms with Crippen LogP contribution in [0, 0.1) is 5.82 Å². The number of hydrogen-bond donors (Lipinski definition) is 0. The summed E-state index contributed by atoms with van der Waals surface area (Å²) >= 11 is 0. The zero-order valence-corrected chi connectivity index (χ0v) is 13.6. The summed E-state index contributed by atoms with van der Waals surface area (Å²) in [6, 6.07) is 5.96. The molecule has 0 saturated carbocycles. The molecule has 24 heavy (non-hydrogen) atoms. The van der Waals surface area contributed by atoms with E-state index in [4.69, 9.17) is 9.26 Å². The van der Waals surface area contributed by atoms with Gasteiger partial charge in [-0.25, -0.2) is 14.1 Å². The third kappa shape index (κ3) is 2.89. The maximum absolute atomic E-state index is 14.0. The van der Waals surface area contributed by atoms with Gasteiger partial charge in [-0.1, -0.05) is 17.3 Å². The fourth-order valence-electron chi connectivity index (χ4n) is 2.49. The summed E-state index contributed by atoms with van der Waals surface area (Å²) in [6.07, 6.45) is -0.430. The van der Waals surface area contributed by atoms with Crippen LogP contribution < -0.4 is 0 Å². The number of fused-ring (bicyclic) bond motifs is 1. The molecule has 0 spiro atoms. The number of nitrogens with zero attached hydrogens (tertiary/aromatic N) is 2. The van der Waals surface area contributed by atoms with Crippen molar-refractivity contribution in [2.75, 3.05) is 6.54 Å². The van der Waals surface area contributed by atoms with E-state index in [0.29, 0.717) is 12.2 Å². The highest BCUT2D eigenvalue weighted by atomic mass is 19.1. The Morgan fingerprint density at radius 1 is 1.33 bits per heavy atom. The summed E-state index contributed by atoms with van der Waals surface area (Å²) in [5.41, 5.74) is -0.360. The number of benzene rings is 1. The number of carbonyl (C=O) groups is 2. The number of amides is 2. The number of halogens is 1. The minimum absolute atomic E-state index is 0.0985. The van der Waals surface area contributed by atoms with Crippen molar-refractivity contribution in [1.82, 2.24) is 10.1 Å². The lowest BCUT2D eigenvalue weighted by Gasteiger charge is -2.28. The van der Waals surface area contributed by atoms with Gasteiger partial charge in [-0.3, -0.25) is 4.79 Å². The van der Waals surface area contributed by atoms with Crippen LogP contribution in [0.4, 0.5) is 9.18 Å². The molecule has 1 aromatic carbocycles. The number of aromatic nitrogens is 1. The monoisotopic (exact) mass is 332 g/mol. The van der Waals surface area contributed by atoms with Crippen LogP contribution in [0.25, 0.3) is 11.3 Å². The lowest BCUT2D eigenvalue weighted by molar-refractivity contribution is 0.0229. The van der Waals surface area contributed by atoms with Gasteiger partial charge in [-0.05, 0) is 32.9 Å². The summed E-state index contributed by atoms with van der Waals surface area (Å²) < 4.78 is 24.5. The molecule has 6 nitrogen and oxygen atoms in total. The molecule has 0 aliphatic carbocycles. The average Bonchev–Trinajstić information content (AvgIpc) is 2.91. The molecule has 0 saturated heterocycles. The first-order valence-corrected chi connectivity index (χ1v) is 7.56.